The number of hydrogen-bond donors (Lipinski definition) is 1. The SMILES string of the molecule is CCCC(=O)OC1O[C@@H](C)[C@H](C(CC)C(=O)O)[C@@H](OC(=O)CCC)[C@H]1OC(=O)CCC. The molecule has 1 N–H and O–H groups in total. The molecule has 0 saturated carbocycles. The zero-order chi connectivity index (χ0) is 23.6. The Labute approximate surface area is 183 Å². The summed E-state index contributed by atoms with van der Waals surface area (Å²) in [6, 6.07) is 0. The predicted molar refractivity (Wildman–Crippen MR) is 110 cm³/mol. The van der Waals surface area contributed by atoms with E-state index in [1.165, 1.54) is 0 Å². The molecule has 0 bridgehead atoms. The van der Waals surface area contributed by atoms with Crippen LogP contribution in [0, 0.1) is 11.8 Å². The minimum atomic E-state index is -1.29. The van der Waals surface area contributed by atoms with Gasteiger partial charge in [-0.15, -0.1) is 0 Å². The molecule has 0 amide bonds. The quantitative estimate of drug-likeness (QED) is 0.357. The van der Waals surface area contributed by atoms with Crippen LogP contribution in [0.4, 0.5) is 0 Å². The Bertz CT molecular complexity index is 618. The van der Waals surface area contributed by atoms with Crippen LogP contribution in [0.1, 0.15) is 79.6 Å². The number of carbonyl (C=O) groups excluding carboxylic acids is 3. The van der Waals surface area contributed by atoms with Gasteiger partial charge in [0.25, 0.3) is 0 Å². The third-order valence-corrected chi connectivity index (χ3v) is 5.23. The summed E-state index contributed by atoms with van der Waals surface area (Å²) in [6.07, 6.45) is -2.15. The lowest BCUT2D eigenvalue weighted by Crippen LogP contribution is -2.60. The molecule has 0 aromatic heterocycles. The monoisotopic (exact) mass is 444 g/mol. The van der Waals surface area contributed by atoms with E-state index in [2.05, 4.69) is 0 Å². The topological polar surface area (TPSA) is 125 Å². The molecular weight excluding hydrogens is 408 g/mol. The van der Waals surface area contributed by atoms with Gasteiger partial charge < -0.3 is 24.1 Å². The molecule has 1 aliphatic heterocycles. The van der Waals surface area contributed by atoms with Crippen molar-refractivity contribution in [1.29, 1.82) is 0 Å². The molecule has 178 valence electrons. The molecule has 1 fully saturated rings. The van der Waals surface area contributed by atoms with Gasteiger partial charge in [0, 0.05) is 25.2 Å². The Hall–Kier alpha value is -2.16. The van der Waals surface area contributed by atoms with Gasteiger partial charge in [-0.1, -0.05) is 27.7 Å². The molecule has 0 aromatic rings. The molecule has 1 heterocycles. The van der Waals surface area contributed by atoms with Gasteiger partial charge in [-0.05, 0) is 32.6 Å². The zero-order valence-corrected chi connectivity index (χ0v) is 19.1. The number of aliphatic carboxylic acids is 1. The normalized spacial score (nSPS) is 26.5. The summed E-state index contributed by atoms with van der Waals surface area (Å²) in [5.41, 5.74) is 0. The Balaban J connectivity index is 3.37. The van der Waals surface area contributed by atoms with Gasteiger partial charge in [0.2, 0.25) is 12.4 Å². The van der Waals surface area contributed by atoms with E-state index in [9.17, 15) is 24.3 Å². The highest BCUT2D eigenvalue weighted by Gasteiger charge is 2.53. The summed E-state index contributed by atoms with van der Waals surface area (Å²) in [6.45, 7) is 8.78. The molecule has 0 spiro atoms. The van der Waals surface area contributed by atoms with E-state index in [4.69, 9.17) is 18.9 Å². The van der Waals surface area contributed by atoms with Crippen molar-refractivity contribution in [2.24, 2.45) is 11.8 Å². The molecule has 0 aliphatic carbocycles. The fourth-order valence-electron chi connectivity index (χ4n) is 3.77. The molecule has 9 heteroatoms. The third kappa shape index (κ3) is 7.79. The molecule has 0 aromatic carbocycles. The molecule has 0 radical (unpaired) electrons. The zero-order valence-electron chi connectivity index (χ0n) is 19.1. The number of carbonyl (C=O) groups is 4. The first kappa shape index (κ1) is 26.9. The molecule has 31 heavy (non-hydrogen) atoms. The summed E-state index contributed by atoms with van der Waals surface area (Å²) in [5, 5.41) is 9.74. The van der Waals surface area contributed by atoms with Gasteiger partial charge in [-0.25, -0.2) is 0 Å². The van der Waals surface area contributed by atoms with Crippen molar-refractivity contribution in [3.63, 3.8) is 0 Å². The lowest BCUT2D eigenvalue weighted by molar-refractivity contribution is -0.287. The maximum Gasteiger partial charge on any atom is 0.308 e. The highest BCUT2D eigenvalue weighted by Crippen LogP contribution is 2.37. The van der Waals surface area contributed by atoms with Crippen molar-refractivity contribution in [1.82, 2.24) is 0 Å². The van der Waals surface area contributed by atoms with Crippen molar-refractivity contribution >= 4 is 23.9 Å². The first-order chi connectivity index (χ1) is 14.7. The van der Waals surface area contributed by atoms with E-state index in [0.717, 1.165) is 0 Å². The number of carboxylic acids is 1. The van der Waals surface area contributed by atoms with E-state index >= 15 is 0 Å². The highest BCUT2D eigenvalue weighted by molar-refractivity contribution is 5.73. The number of esters is 3. The Morgan fingerprint density at radius 1 is 0.806 bits per heavy atom. The summed E-state index contributed by atoms with van der Waals surface area (Å²) >= 11 is 0. The van der Waals surface area contributed by atoms with Crippen molar-refractivity contribution in [2.45, 2.75) is 104 Å². The molecular formula is C22H36O9. The fraction of sp³-hybridized carbons (Fsp3) is 0.818. The molecule has 1 rings (SSSR count). The summed E-state index contributed by atoms with van der Waals surface area (Å²) in [4.78, 5) is 48.7. The third-order valence-electron chi connectivity index (χ3n) is 5.23. The van der Waals surface area contributed by atoms with E-state index in [1.807, 2.05) is 13.8 Å². The van der Waals surface area contributed by atoms with E-state index in [1.54, 1.807) is 20.8 Å². The van der Waals surface area contributed by atoms with Gasteiger partial charge in [0.1, 0.15) is 0 Å². The summed E-state index contributed by atoms with van der Waals surface area (Å²) in [5.74, 6) is -4.42. The summed E-state index contributed by atoms with van der Waals surface area (Å²) in [7, 11) is 0. The van der Waals surface area contributed by atoms with Crippen LogP contribution in [0.5, 0.6) is 0 Å². The Kier molecular flexibility index (Phi) is 11.5. The molecule has 1 aliphatic rings. The standard InChI is InChI=1S/C22H36O9/c1-6-10-15(23)29-19-18(14(9-4)21(26)27)13(5)28-22(31-17(25)12-8-3)20(19)30-16(24)11-7-2/h13-14,18-20,22H,6-12H2,1-5H3,(H,26,27)/t13-,14?,18+,19+,20+,22?/m0/s1. The average molecular weight is 445 g/mol. The van der Waals surface area contributed by atoms with Crippen LogP contribution in [0.3, 0.4) is 0 Å². The lowest BCUT2D eigenvalue weighted by Gasteiger charge is -2.45. The second-order valence-electron chi connectivity index (χ2n) is 7.79. The van der Waals surface area contributed by atoms with Crippen LogP contribution in [0.15, 0.2) is 0 Å². The second kappa shape index (κ2) is 13.3. The molecule has 6 atom stereocenters. The van der Waals surface area contributed by atoms with Crippen LogP contribution in [0.25, 0.3) is 0 Å². The van der Waals surface area contributed by atoms with Crippen LogP contribution in [-0.4, -0.2) is 53.6 Å². The van der Waals surface area contributed by atoms with Gasteiger partial charge in [-0.2, -0.15) is 0 Å². The fourth-order valence-corrected chi connectivity index (χ4v) is 3.77. The van der Waals surface area contributed by atoms with Gasteiger partial charge in [0.05, 0.1) is 12.0 Å². The number of hydrogen-bond acceptors (Lipinski definition) is 8. The van der Waals surface area contributed by atoms with Gasteiger partial charge >= 0.3 is 23.9 Å². The minimum Gasteiger partial charge on any atom is -0.481 e. The first-order valence-corrected chi connectivity index (χ1v) is 11.2. The van der Waals surface area contributed by atoms with E-state index < -0.39 is 60.3 Å². The van der Waals surface area contributed by atoms with Gasteiger partial charge in [-0.3, -0.25) is 19.2 Å². The number of rotatable bonds is 12. The van der Waals surface area contributed by atoms with E-state index in [0.29, 0.717) is 19.3 Å². The van der Waals surface area contributed by atoms with Crippen LogP contribution in [0.2, 0.25) is 0 Å². The number of ether oxygens (including phenoxy) is 4. The van der Waals surface area contributed by atoms with Crippen molar-refractivity contribution < 1.29 is 43.2 Å². The largest absolute Gasteiger partial charge is 0.481 e. The smallest absolute Gasteiger partial charge is 0.308 e. The number of carboxylic acid groups (broad SMARTS) is 1. The van der Waals surface area contributed by atoms with Gasteiger partial charge in [0.15, 0.2) is 6.10 Å². The van der Waals surface area contributed by atoms with Crippen molar-refractivity contribution in [2.75, 3.05) is 0 Å². The van der Waals surface area contributed by atoms with E-state index in [-0.39, 0.29) is 25.7 Å². The average Bonchev–Trinajstić information content (AvgIpc) is 2.67. The predicted octanol–water partition coefficient (Wildman–Crippen LogP) is 3.23. The molecule has 9 nitrogen and oxygen atoms in total. The minimum absolute atomic E-state index is 0.109. The Morgan fingerprint density at radius 3 is 1.68 bits per heavy atom. The Morgan fingerprint density at radius 2 is 1.26 bits per heavy atom. The van der Waals surface area contributed by atoms with Crippen LogP contribution in [-0.2, 0) is 38.1 Å². The molecule has 1 saturated heterocycles. The van der Waals surface area contributed by atoms with Crippen molar-refractivity contribution in [3.8, 4) is 0 Å². The molecule has 2 unspecified atom stereocenters. The first-order valence-electron chi connectivity index (χ1n) is 11.2. The van der Waals surface area contributed by atoms with Crippen LogP contribution < -0.4 is 0 Å². The lowest BCUT2D eigenvalue weighted by atomic mass is 9.78. The highest BCUT2D eigenvalue weighted by atomic mass is 16.7. The maximum absolute atomic E-state index is 12.4. The summed E-state index contributed by atoms with van der Waals surface area (Å²) < 4.78 is 22.5. The maximum atomic E-state index is 12.4. The van der Waals surface area contributed by atoms with Crippen LogP contribution >= 0.6 is 0 Å². The van der Waals surface area contributed by atoms with Crippen molar-refractivity contribution in [3.05, 3.63) is 0 Å². The second-order valence-corrected chi connectivity index (χ2v) is 7.79.